The third-order valence-electron chi connectivity index (χ3n) is 2.02. The van der Waals surface area contributed by atoms with Gasteiger partial charge in [0.2, 0.25) is 5.78 Å². The fourth-order valence-corrected chi connectivity index (χ4v) is 2.98. The highest BCUT2D eigenvalue weighted by atomic mass is 79.9. The van der Waals surface area contributed by atoms with Gasteiger partial charge in [-0.1, -0.05) is 31.9 Å². The number of aromatic nitrogens is 1. The lowest BCUT2D eigenvalue weighted by Gasteiger charge is -2.01. The van der Waals surface area contributed by atoms with Gasteiger partial charge in [-0.2, -0.15) is 0 Å². The molecule has 0 radical (unpaired) electrons. The van der Waals surface area contributed by atoms with E-state index < -0.39 is 0 Å². The first-order chi connectivity index (χ1) is 7.56. The molecule has 0 aliphatic carbocycles. The predicted molar refractivity (Wildman–Crippen MR) is 73.8 cm³/mol. The molecule has 1 N–H and O–H groups in total. The first-order valence-corrected chi connectivity index (χ1v) is 6.79. The fourth-order valence-electron chi connectivity index (χ4n) is 1.34. The maximum absolute atomic E-state index is 12.1. The van der Waals surface area contributed by atoms with Crippen LogP contribution in [-0.2, 0) is 0 Å². The third-order valence-corrected chi connectivity index (χ3v) is 3.40. The van der Waals surface area contributed by atoms with E-state index in [-0.39, 0.29) is 5.78 Å². The number of benzene rings is 1. The van der Waals surface area contributed by atoms with E-state index in [9.17, 15) is 4.79 Å². The zero-order valence-corrected chi connectivity index (χ0v) is 12.7. The summed E-state index contributed by atoms with van der Waals surface area (Å²) in [6.45, 7) is 0. The van der Waals surface area contributed by atoms with Crippen molar-refractivity contribution in [2.75, 3.05) is 0 Å². The molecule has 0 fully saturated rings. The van der Waals surface area contributed by atoms with Crippen LogP contribution in [0, 0.1) is 0 Å². The van der Waals surface area contributed by atoms with Crippen molar-refractivity contribution in [3.63, 3.8) is 0 Å². The molecule has 0 saturated heterocycles. The van der Waals surface area contributed by atoms with Crippen molar-refractivity contribution < 1.29 is 4.79 Å². The highest BCUT2D eigenvalue weighted by Gasteiger charge is 2.11. The minimum Gasteiger partial charge on any atom is -0.347 e. The number of hydrogen-bond donors (Lipinski definition) is 1. The summed E-state index contributed by atoms with van der Waals surface area (Å²) in [6.07, 6.45) is 0. The third kappa shape index (κ3) is 2.64. The molecule has 0 unspecified atom stereocenters. The standard InChI is InChI=1S/C11H6Br3NO/c12-7-3-6(4-8(13)5-7)11(16)9-1-2-10(14)15-9/h1-5,15H. The van der Waals surface area contributed by atoms with Crippen molar-refractivity contribution in [2.24, 2.45) is 0 Å². The van der Waals surface area contributed by atoms with Crippen LogP contribution in [0.5, 0.6) is 0 Å². The molecule has 1 aromatic carbocycles. The second-order valence-corrected chi connectivity index (χ2v) is 5.89. The van der Waals surface area contributed by atoms with Crippen LogP contribution in [0.2, 0.25) is 0 Å². The molecular formula is C11H6Br3NO. The fraction of sp³-hybridized carbons (Fsp3) is 0. The van der Waals surface area contributed by atoms with E-state index in [1.54, 1.807) is 24.3 Å². The number of carbonyl (C=O) groups is 1. The Morgan fingerprint density at radius 1 is 1.00 bits per heavy atom. The summed E-state index contributed by atoms with van der Waals surface area (Å²) in [5.41, 5.74) is 1.20. The first kappa shape index (κ1) is 12.1. The van der Waals surface area contributed by atoms with Gasteiger partial charge in [-0.3, -0.25) is 4.79 Å². The lowest BCUT2D eigenvalue weighted by Crippen LogP contribution is -2.01. The number of nitrogens with one attached hydrogen (secondary N) is 1. The maximum Gasteiger partial charge on any atom is 0.209 e. The second-order valence-electron chi connectivity index (χ2n) is 3.21. The van der Waals surface area contributed by atoms with E-state index in [2.05, 4.69) is 52.8 Å². The monoisotopic (exact) mass is 405 g/mol. The minimum atomic E-state index is -0.0345. The smallest absolute Gasteiger partial charge is 0.209 e. The summed E-state index contributed by atoms with van der Waals surface area (Å²) in [5.74, 6) is -0.0345. The van der Waals surface area contributed by atoms with Crippen LogP contribution in [0.4, 0.5) is 0 Å². The summed E-state index contributed by atoms with van der Waals surface area (Å²) in [4.78, 5) is 15.0. The van der Waals surface area contributed by atoms with Crippen molar-refractivity contribution in [3.05, 3.63) is 55.1 Å². The highest BCUT2D eigenvalue weighted by molar-refractivity contribution is 9.11. The van der Waals surface area contributed by atoms with Gasteiger partial charge in [0.25, 0.3) is 0 Å². The van der Waals surface area contributed by atoms with E-state index in [1.165, 1.54) is 0 Å². The molecule has 82 valence electrons. The van der Waals surface area contributed by atoms with Gasteiger partial charge in [0.1, 0.15) is 0 Å². The average Bonchev–Trinajstić information content (AvgIpc) is 2.62. The van der Waals surface area contributed by atoms with Crippen LogP contribution in [0.25, 0.3) is 0 Å². The SMILES string of the molecule is O=C(c1cc(Br)cc(Br)c1)c1ccc(Br)[nH]1. The summed E-state index contributed by atoms with van der Waals surface area (Å²) in [6, 6.07) is 9.03. The number of rotatable bonds is 2. The Morgan fingerprint density at radius 3 is 2.12 bits per heavy atom. The molecule has 0 spiro atoms. The molecule has 2 rings (SSSR count). The van der Waals surface area contributed by atoms with E-state index in [0.717, 1.165) is 13.5 Å². The number of ketones is 1. The molecule has 1 aromatic heterocycles. The lowest BCUT2D eigenvalue weighted by molar-refractivity contribution is 0.103. The number of hydrogen-bond acceptors (Lipinski definition) is 1. The van der Waals surface area contributed by atoms with Crippen molar-refractivity contribution in [1.82, 2.24) is 4.98 Å². The molecule has 0 aliphatic heterocycles. The molecule has 0 amide bonds. The van der Waals surface area contributed by atoms with Gasteiger partial charge in [0, 0.05) is 14.5 Å². The van der Waals surface area contributed by atoms with E-state index in [1.807, 2.05) is 6.07 Å². The van der Waals surface area contributed by atoms with Gasteiger partial charge in [0.05, 0.1) is 10.3 Å². The summed E-state index contributed by atoms with van der Waals surface area (Å²) in [5, 5.41) is 0. The number of H-pyrrole nitrogens is 1. The molecule has 5 heteroatoms. The molecule has 2 nitrogen and oxygen atoms in total. The Balaban J connectivity index is 2.41. The van der Waals surface area contributed by atoms with Gasteiger partial charge < -0.3 is 4.98 Å². The zero-order valence-electron chi connectivity index (χ0n) is 7.93. The topological polar surface area (TPSA) is 32.9 Å². The first-order valence-electron chi connectivity index (χ1n) is 4.41. The van der Waals surface area contributed by atoms with Crippen molar-refractivity contribution in [3.8, 4) is 0 Å². The molecule has 1 heterocycles. The molecule has 0 bridgehead atoms. The van der Waals surface area contributed by atoms with Crippen LogP contribution in [0.1, 0.15) is 16.1 Å². The van der Waals surface area contributed by atoms with E-state index >= 15 is 0 Å². The highest BCUT2D eigenvalue weighted by Crippen LogP contribution is 2.22. The summed E-state index contributed by atoms with van der Waals surface area (Å²) >= 11 is 9.99. The lowest BCUT2D eigenvalue weighted by atomic mass is 10.1. The maximum atomic E-state index is 12.1. The van der Waals surface area contributed by atoms with Crippen LogP contribution in [0.3, 0.4) is 0 Å². The van der Waals surface area contributed by atoms with Crippen LogP contribution >= 0.6 is 47.8 Å². The Bertz CT molecular complexity index is 528. The number of aromatic amines is 1. The van der Waals surface area contributed by atoms with Gasteiger partial charge >= 0.3 is 0 Å². The Kier molecular flexibility index (Phi) is 3.66. The molecule has 2 aromatic rings. The minimum absolute atomic E-state index is 0.0345. The van der Waals surface area contributed by atoms with E-state index in [0.29, 0.717) is 11.3 Å². The van der Waals surface area contributed by atoms with Crippen LogP contribution < -0.4 is 0 Å². The quantitative estimate of drug-likeness (QED) is 0.729. The summed E-state index contributed by atoms with van der Waals surface area (Å²) in [7, 11) is 0. The van der Waals surface area contributed by atoms with Gasteiger partial charge in [0.15, 0.2) is 0 Å². The van der Waals surface area contributed by atoms with Crippen molar-refractivity contribution >= 4 is 53.6 Å². The number of halogens is 3. The van der Waals surface area contributed by atoms with Crippen molar-refractivity contribution in [2.45, 2.75) is 0 Å². The Hall–Kier alpha value is -0.390. The van der Waals surface area contributed by atoms with Gasteiger partial charge in [-0.05, 0) is 46.3 Å². The largest absolute Gasteiger partial charge is 0.347 e. The van der Waals surface area contributed by atoms with Gasteiger partial charge in [-0.15, -0.1) is 0 Å². The predicted octanol–water partition coefficient (Wildman–Crippen LogP) is 4.53. The summed E-state index contributed by atoms with van der Waals surface area (Å²) < 4.78 is 2.54. The molecular weight excluding hydrogens is 402 g/mol. The molecule has 0 saturated carbocycles. The Morgan fingerprint density at radius 2 is 1.62 bits per heavy atom. The average molecular weight is 408 g/mol. The number of carbonyl (C=O) groups excluding carboxylic acids is 1. The van der Waals surface area contributed by atoms with Crippen molar-refractivity contribution in [1.29, 1.82) is 0 Å². The van der Waals surface area contributed by atoms with Crippen LogP contribution in [0.15, 0.2) is 43.9 Å². The molecule has 0 aliphatic rings. The molecule has 0 atom stereocenters. The van der Waals surface area contributed by atoms with E-state index in [4.69, 9.17) is 0 Å². The normalized spacial score (nSPS) is 10.4. The Labute approximate surface area is 118 Å². The van der Waals surface area contributed by atoms with Gasteiger partial charge in [-0.25, -0.2) is 0 Å². The van der Waals surface area contributed by atoms with Crippen LogP contribution in [-0.4, -0.2) is 10.8 Å². The molecule has 16 heavy (non-hydrogen) atoms. The zero-order chi connectivity index (χ0) is 11.7. The second kappa shape index (κ2) is 4.85.